The van der Waals surface area contributed by atoms with Crippen LogP contribution in [-0.2, 0) is 6.42 Å². The van der Waals surface area contributed by atoms with Crippen LogP contribution in [0.4, 0.5) is 0 Å². The van der Waals surface area contributed by atoms with Crippen molar-refractivity contribution in [1.82, 2.24) is 4.98 Å². The SMILES string of the molecule is CCCCCCCCCCCCCCC(C(Cc1ccccc1)C(C)C)[n+]1cc[nH]c1. The molecule has 1 aromatic heterocycles. The maximum absolute atomic E-state index is 3.28. The minimum absolute atomic E-state index is 0.578. The molecule has 1 heterocycles. The number of nitrogens with one attached hydrogen (secondary N) is 1. The fourth-order valence-corrected chi connectivity index (χ4v) is 4.99. The highest BCUT2D eigenvalue weighted by atomic mass is 15.1. The number of rotatable bonds is 18. The highest BCUT2D eigenvalue weighted by molar-refractivity contribution is 5.15. The van der Waals surface area contributed by atoms with E-state index in [2.05, 4.69) is 79.4 Å². The second-order valence-electron chi connectivity index (χ2n) is 9.90. The van der Waals surface area contributed by atoms with Crippen LogP contribution in [0.2, 0.25) is 0 Å². The summed E-state index contributed by atoms with van der Waals surface area (Å²) in [5.41, 5.74) is 1.47. The maximum Gasteiger partial charge on any atom is 0.241 e. The summed E-state index contributed by atoms with van der Waals surface area (Å²) in [5.74, 6) is 1.33. The van der Waals surface area contributed by atoms with Crippen LogP contribution in [0.15, 0.2) is 49.1 Å². The maximum atomic E-state index is 3.28. The normalized spacial score (nSPS) is 13.5. The first-order valence-electron chi connectivity index (χ1n) is 13.3. The number of unbranched alkanes of at least 4 members (excludes halogenated alkanes) is 11. The highest BCUT2D eigenvalue weighted by Gasteiger charge is 2.29. The molecule has 0 fully saturated rings. The molecule has 0 saturated carbocycles. The molecule has 0 aliphatic carbocycles. The zero-order chi connectivity index (χ0) is 22.2. The highest BCUT2D eigenvalue weighted by Crippen LogP contribution is 2.30. The van der Waals surface area contributed by atoms with E-state index in [-0.39, 0.29) is 0 Å². The molecule has 0 spiro atoms. The van der Waals surface area contributed by atoms with E-state index in [9.17, 15) is 0 Å². The summed E-state index contributed by atoms with van der Waals surface area (Å²) >= 11 is 0. The second kappa shape index (κ2) is 16.1. The van der Waals surface area contributed by atoms with Gasteiger partial charge in [0.05, 0.1) is 0 Å². The van der Waals surface area contributed by atoms with Gasteiger partial charge in [-0.05, 0) is 30.7 Å². The van der Waals surface area contributed by atoms with E-state index in [1.807, 2.05) is 0 Å². The Morgan fingerprint density at radius 1 is 0.774 bits per heavy atom. The van der Waals surface area contributed by atoms with Gasteiger partial charge in [-0.15, -0.1) is 0 Å². The molecule has 2 nitrogen and oxygen atoms in total. The summed E-state index contributed by atoms with van der Waals surface area (Å²) in [6.45, 7) is 7.09. The average molecular weight is 426 g/mol. The van der Waals surface area contributed by atoms with Gasteiger partial charge in [0.2, 0.25) is 6.33 Å². The minimum atomic E-state index is 0.578. The molecule has 0 saturated heterocycles. The van der Waals surface area contributed by atoms with Crippen molar-refractivity contribution in [2.45, 2.75) is 117 Å². The molecule has 2 rings (SSSR count). The van der Waals surface area contributed by atoms with Gasteiger partial charge in [-0.3, -0.25) is 4.98 Å². The van der Waals surface area contributed by atoms with E-state index < -0.39 is 0 Å². The predicted octanol–water partition coefficient (Wildman–Crippen LogP) is 8.45. The van der Waals surface area contributed by atoms with E-state index in [4.69, 9.17) is 0 Å². The van der Waals surface area contributed by atoms with Crippen molar-refractivity contribution in [3.8, 4) is 0 Å². The summed E-state index contributed by atoms with van der Waals surface area (Å²) in [7, 11) is 0. The molecular weight excluding hydrogens is 376 g/mol. The lowest BCUT2D eigenvalue weighted by molar-refractivity contribution is -0.731. The second-order valence-corrected chi connectivity index (χ2v) is 9.90. The molecule has 0 aliphatic rings. The van der Waals surface area contributed by atoms with Crippen molar-refractivity contribution in [3.05, 3.63) is 54.6 Å². The van der Waals surface area contributed by atoms with Crippen LogP contribution in [0.3, 0.4) is 0 Å². The van der Waals surface area contributed by atoms with E-state index in [1.54, 1.807) is 0 Å². The molecule has 0 radical (unpaired) electrons. The first-order valence-corrected chi connectivity index (χ1v) is 13.3. The number of aromatic nitrogens is 2. The molecule has 2 unspecified atom stereocenters. The lowest BCUT2D eigenvalue weighted by Gasteiger charge is -2.28. The molecule has 174 valence electrons. The average Bonchev–Trinajstić information content (AvgIpc) is 3.31. The van der Waals surface area contributed by atoms with Gasteiger partial charge in [0.1, 0.15) is 18.4 Å². The summed E-state index contributed by atoms with van der Waals surface area (Å²) in [6, 6.07) is 11.6. The molecule has 0 bridgehead atoms. The standard InChI is InChI=1S/C29H48N2/c1-4-5-6-7-8-9-10-11-12-13-14-18-21-29(31-23-22-30-25-31)28(26(2)3)24-27-19-16-15-17-20-27/h15-17,19-20,22-23,25-26,28-29H,4-14,18,21,24H2,1-3H3/p+1. The zero-order valence-corrected chi connectivity index (χ0v) is 20.7. The van der Waals surface area contributed by atoms with Gasteiger partial charge in [0.25, 0.3) is 0 Å². The third-order valence-corrected chi connectivity index (χ3v) is 6.97. The van der Waals surface area contributed by atoms with E-state index in [1.165, 1.54) is 95.5 Å². The van der Waals surface area contributed by atoms with Crippen molar-refractivity contribution in [2.24, 2.45) is 11.8 Å². The van der Waals surface area contributed by atoms with Gasteiger partial charge >= 0.3 is 0 Å². The number of aromatic amines is 1. The van der Waals surface area contributed by atoms with Crippen LogP contribution in [-0.4, -0.2) is 4.98 Å². The van der Waals surface area contributed by atoms with Crippen LogP contribution < -0.4 is 4.57 Å². The van der Waals surface area contributed by atoms with Gasteiger partial charge in [-0.25, -0.2) is 4.57 Å². The Morgan fingerprint density at radius 3 is 1.87 bits per heavy atom. The monoisotopic (exact) mass is 425 g/mol. The van der Waals surface area contributed by atoms with Crippen LogP contribution >= 0.6 is 0 Å². The van der Waals surface area contributed by atoms with Gasteiger partial charge in [-0.1, -0.05) is 122 Å². The van der Waals surface area contributed by atoms with Crippen molar-refractivity contribution < 1.29 is 4.57 Å². The Kier molecular flexibility index (Phi) is 13.4. The Hall–Kier alpha value is -1.57. The van der Waals surface area contributed by atoms with Crippen molar-refractivity contribution in [1.29, 1.82) is 0 Å². The van der Waals surface area contributed by atoms with E-state index >= 15 is 0 Å². The van der Waals surface area contributed by atoms with Crippen LogP contribution in [0, 0.1) is 11.8 Å². The van der Waals surface area contributed by atoms with Gasteiger partial charge in [-0.2, -0.15) is 0 Å². The van der Waals surface area contributed by atoms with Gasteiger partial charge < -0.3 is 0 Å². The molecular formula is C29H49N2+. The van der Waals surface area contributed by atoms with Crippen LogP contribution in [0.5, 0.6) is 0 Å². The van der Waals surface area contributed by atoms with Crippen molar-refractivity contribution in [2.75, 3.05) is 0 Å². The first-order chi connectivity index (χ1) is 15.2. The van der Waals surface area contributed by atoms with Crippen molar-refractivity contribution in [3.63, 3.8) is 0 Å². The number of imidazole rings is 1. The Balaban J connectivity index is 1.71. The van der Waals surface area contributed by atoms with E-state index in [0.717, 1.165) is 0 Å². The number of benzene rings is 1. The lowest BCUT2D eigenvalue weighted by atomic mass is 9.81. The lowest BCUT2D eigenvalue weighted by Crippen LogP contribution is -2.44. The Morgan fingerprint density at radius 2 is 1.35 bits per heavy atom. The summed E-state index contributed by atoms with van der Waals surface area (Å²) in [4.78, 5) is 3.28. The Labute approximate surface area is 192 Å². The number of hydrogen-bond acceptors (Lipinski definition) is 0. The molecule has 1 aromatic carbocycles. The minimum Gasteiger partial charge on any atom is -0.250 e. The molecule has 1 N–H and O–H groups in total. The number of H-pyrrole nitrogens is 1. The first kappa shape index (κ1) is 25.7. The molecule has 2 heteroatoms. The molecule has 0 aliphatic heterocycles. The van der Waals surface area contributed by atoms with Crippen molar-refractivity contribution >= 4 is 0 Å². The molecule has 0 amide bonds. The van der Waals surface area contributed by atoms with E-state index in [0.29, 0.717) is 17.9 Å². The molecule has 2 aromatic rings. The topological polar surface area (TPSA) is 19.7 Å². The summed E-state index contributed by atoms with van der Waals surface area (Å²) < 4.78 is 2.44. The van der Waals surface area contributed by atoms with Gasteiger partial charge in [0.15, 0.2) is 0 Å². The quantitative estimate of drug-likeness (QED) is 0.182. The number of nitrogens with zero attached hydrogens (tertiary/aromatic N) is 1. The predicted molar refractivity (Wildman–Crippen MR) is 134 cm³/mol. The number of hydrogen-bond donors (Lipinski definition) is 1. The smallest absolute Gasteiger partial charge is 0.241 e. The Bertz CT molecular complexity index is 632. The van der Waals surface area contributed by atoms with Crippen LogP contribution in [0.25, 0.3) is 0 Å². The third kappa shape index (κ3) is 10.5. The molecule has 2 atom stereocenters. The summed E-state index contributed by atoms with van der Waals surface area (Å²) in [6.07, 6.45) is 25.9. The largest absolute Gasteiger partial charge is 0.250 e. The zero-order valence-electron chi connectivity index (χ0n) is 20.7. The van der Waals surface area contributed by atoms with Crippen LogP contribution in [0.1, 0.15) is 116 Å². The fraction of sp³-hybridized carbons (Fsp3) is 0.690. The summed E-state index contributed by atoms with van der Waals surface area (Å²) in [5, 5.41) is 0. The molecule has 31 heavy (non-hydrogen) atoms. The third-order valence-electron chi connectivity index (χ3n) is 6.97. The fourth-order valence-electron chi connectivity index (χ4n) is 4.99. The van der Waals surface area contributed by atoms with Gasteiger partial charge in [0, 0.05) is 5.92 Å².